The minimum Gasteiger partial charge on any atom is -0.365 e. The molecule has 4 nitrogen and oxygen atoms in total. The van der Waals surface area contributed by atoms with Gasteiger partial charge in [-0.05, 0) is 18.1 Å². The van der Waals surface area contributed by atoms with Crippen molar-refractivity contribution in [2.45, 2.75) is 13.3 Å². The average Bonchev–Trinajstić information content (AvgIpc) is 2.16. The van der Waals surface area contributed by atoms with Gasteiger partial charge in [0.1, 0.15) is 5.82 Å². The van der Waals surface area contributed by atoms with Crippen LogP contribution in [0.4, 0.5) is 5.82 Å². The number of primary amides is 1. The number of nitrogens with zero attached hydrogens (tertiary/aromatic N) is 2. The Morgan fingerprint density at radius 3 is 2.64 bits per heavy atom. The van der Waals surface area contributed by atoms with Gasteiger partial charge in [0, 0.05) is 20.3 Å². The summed E-state index contributed by atoms with van der Waals surface area (Å²) < 4.78 is 0. The lowest BCUT2D eigenvalue weighted by Gasteiger charge is -2.16. The predicted molar refractivity (Wildman–Crippen MR) is 56.5 cm³/mol. The molecule has 4 heteroatoms. The third-order valence-corrected chi connectivity index (χ3v) is 2.07. The van der Waals surface area contributed by atoms with Gasteiger partial charge >= 0.3 is 0 Å². The number of amides is 1. The van der Waals surface area contributed by atoms with Crippen molar-refractivity contribution in [2.75, 3.05) is 19.0 Å². The molecular formula is C10H15N3O. The highest BCUT2D eigenvalue weighted by Gasteiger charge is 2.14. The second-order valence-electron chi connectivity index (χ2n) is 3.28. The van der Waals surface area contributed by atoms with Crippen molar-refractivity contribution in [1.82, 2.24) is 4.98 Å². The molecule has 0 aliphatic rings. The first-order chi connectivity index (χ1) is 6.57. The molecular weight excluding hydrogens is 178 g/mol. The van der Waals surface area contributed by atoms with Crippen molar-refractivity contribution >= 4 is 11.7 Å². The third kappa shape index (κ3) is 1.84. The Morgan fingerprint density at radius 1 is 1.57 bits per heavy atom. The molecule has 0 fully saturated rings. The Kier molecular flexibility index (Phi) is 3.06. The molecule has 0 aliphatic carbocycles. The Hall–Kier alpha value is -1.58. The summed E-state index contributed by atoms with van der Waals surface area (Å²) in [6, 6.07) is 1.83. The Bertz CT molecular complexity index is 347. The van der Waals surface area contributed by atoms with E-state index in [1.54, 1.807) is 11.1 Å². The number of anilines is 1. The zero-order valence-corrected chi connectivity index (χ0v) is 8.74. The predicted octanol–water partition coefficient (Wildman–Crippen LogP) is 0.809. The van der Waals surface area contributed by atoms with Crippen molar-refractivity contribution in [1.29, 1.82) is 0 Å². The number of hydrogen-bond donors (Lipinski definition) is 1. The maximum atomic E-state index is 11.3. The summed E-state index contributed by atoms with van der Waals surface area (Å²) in [4.78, 5) is 17.2. The molecule has 0 spiro atoms. The molecule has 0 aliphatic heterocycles. The van der Waals surface area contributed by atoms with Gasteiger partial charge in [0.05, 0.1) is 5.56 Å². The van der Waals surface area contributed by atoms with Gasteiger partial charge in [-0.2, -0.15) is 0 Å². The van der Waals surface area contributed by atoms with E-state index < -0.39 is 5.91 Å². The van der Waals surface area contributed by atoms with Gasteiger partial charge < -0.3 is 10.6 Å². The van der Waals surface area contributed by atoms with E-state index in [1.807, 2.05) is 27.1 Å². The van der Waals surface area contributed by atoms with Crippen molar-refractivity contribution < 1.29 is 4.79 Å². The molecule has 0 unspecified atom stereocenters. The van der Waals surface area contributed by atoms with Crippen LogP contribution in [0.2, 0.25) is 0 Å². The largest absolute Gasteiger partial charge is 0.365 e. The van der Waals surface area contributed by atoms with Gasteiger partial charge in [0.2, 0.25) is 0 Å². The highest BCUT2D eigenvalue weighted by atomic mass is 16.1. The first kappa shape index (κ1) is 10.5. The maximum Gasteiger partial charge on any atom is 0.252 e. The number of carbonyl (C=O) groups excluding carboxylic acids is 1. The van der Waals surface area contributed by atoms with Crippen LogP contribution in [0, 0.1) is 0 Å². The van der Waals surface area contributed by atoms with E-state index in [9.17, 15) is 4.79 Å². The molecule has 0 saturated carbocycles. The van der Waals surface area contributed by atoms with Crippen molar-refractivity contribution in [3.8, 4) is 0 Å². The molecule has 0 radical (unpaired) electrons. The summed E-state index contributed by atoms with van der Waals surface area (Å²) in [6.45, 7) is 1.99. The molecule has 1 aromatic heterocycles. The number of carbonyl (C=O) groups is 1. The smallest absolute Gasteiger partial charge is 0.252 e. The van der Waals surface area contributed by atoms with Crippen LogP contribution in [-0.4, -0.2) is 25.0 Å². The second-order valence-corrected chi connectivity index (χ2v) is 3.28. The van der Waals surface area contributed by atoms with Crippen LogP contribution in [0.5, 0.6) is 0 Å². The highest BCUT2D eigenvalue weighted by molar-refractivity contribution is 5.99. The van der Waals surface area contributed by atoms with Gasteiger partial charge in [0.15, 0.2) is 0 Å². The summed E-state index contributed by atoms with van der Waals surface area (Å²) in [6.07, 6.45) is 2.47. The molecule has 1 aromatic rings. The van der Waals surface area contributed by atoms with Crippen LogP contribution in [0.1, 0.15) is 22.8 Å². The van der Waals surface area contributed by atoms with E-state index in [0.29, 0.717) is 11.4 Å². The van der Waals surface area contributed by atoms with Crippen LogP contribution >= 0.6 is 0 Å². The summed E-state index contributed by atoms with van der Waals surface area (Å²) >= 11 is 0. The number of rotatable bonds is 3. The van der Waals surface area contributed by atoms with Crippen LogP contribution in [0.3, 0.4) is 0 Å². The molecule has 0 atom stereocenters. The van der Waals surface area contributed by atoms with Gasteiger partial charge in [-0.25, -0.2) is 4.98 Å². The zero-order chi connectivity index (χ0) is 10.7. The Labute approximate surface area is 83.7 Å². The number of aromatic nitrogens is 1. The molecule has 2 N–H and O–H groups in total. The lowest BCUT2D eigenvalue weighted by atomic mass is 10.1. The molecule has 0 bridgehead atoms. The first-order valence-electron chi connectivity index (χ1n) is 4.53. The summed E-state index contributed by atoms with van der Waals surface area (Å²) in [7, 11) is 3.68. The molecule has 14 heavy (non-hydrogen) atoms. The number of aryl methyl sites for hydroxylation is 1. The normalized spacial score (nSPS) is 9.93. The lowest BCUT2D eigenvalue weighted by molar-refractivity contribution is 0.0999. The van der Waals surface area contributed by atoms with E-state index in [2.05, 4.69) is 4.98 Å². The molecule has 1 heterocycles. The van der Waals surface area contributed by atoms with E-state index in [1.165, 1.54) is 0 Å². The lowest BCUT2D eigenvalue weighted by Crippen LogP contribution is -2.21. The molecule has 0 aromatic carbocycles. The SMILES string of the molecule is CCc1ccnc(N(C)C)c1C(N)=O. The highest BCUT2D eigenvalue weighted by Crippen LogP contribution is 2.19. The van der Waals surface area contributed by atoms with Gasteiger partial charge in [-0.3, -0.25) is 4.79 Å². The second kappa shape index (κ2) is 4.09. The fourth-order valence-corrected chi connectivity index (χ4v) is 1.39. The fraction of sp³-hybridized carbons (Fsp3) is 0.400. The van der Waals surface area contributed by atoms with Crippen molar-refractivity contribution in [3.05, 3.63) is 23.4 Å². The van der Waals surface area contributed by atoms with Gasteiger partial charge in [-0.1, -0.05) is 6.92 Å². The first-order valence-corrected chi connectivity index (χ1v) is 4.53. The van der Waals surface area contributed by atoms with E-state index >= 15 is 0 Å². The minimum atomic E-state index is -0.418. The van der Waals surface area contributed by atoms with E-state index in [-0.39, 0.29) is 0 Å². The average molecular weight is 193 g/mol. The Balaban J connectivity index is 3.35. The van der Waals surface area contributed by atoms with Crippen molar-refractivity contribution in [2.24, 2.45) is 5.73 Å². The van der Waals surface area contributed by atoms with Crippen LogP contribution < -0.4 is 10.6 Å². The number of pyridine rings is 1. The zero-order valence-electron chi connectivity index (χ0n) is 8.74. The maximum absolute atomic E-state index is 11.3. The molecule has 0 saturated heterocycles. The summed E-state index contributed by atoms with van der Waals surface area (Å²) in [5.41, 5.74) is 6.79. The fourth-order valence-electron chi connectivity index (χ4n) is 1.39. The molecule has 1 amide bonds. The Morgan fingerprint density at radius 2 is 2.21 bits per heavy atom. The van der Waals surface area contributed by atoms with Crippen LogP contribution in [0.15, 0.2) is 12.3 Å². The van der Waals surface area contributed by atoms with E-state index in [4.69, 9.17) is 5.73 Å². The molecule has 76 valence electrons. The monoisotopic (exact) mass is 193 g/mol. The summed E-state index contributed by atoms with van der Waals surface area (Å²) in [5, 5.41) is 0. The standard InChI is InChI=1S/C10H15N3O/c1-4-7-5-6-12-10(13(2)3)8(7)9(11)14/h5-6H,4H2,1-3H3,(H2,11,14). The van der Waals surface area contributed by atoms with Crippen LogP contribution in [0.25, 0.3) is 0 Å². The van der Waals surface area contributed by atoms with E-state index in [0.717, 1.165) is 12.0 Å². The van der Waals surface area contributed by atoms with Gasteiger partial charge in [0.25, 0.3) is 5.91 Å². The van der Waals surface area contributed by atoms with Gasteiger partial charge in [-0.15, -0.1) is 0 Å². The van der Waals surface area contributed by atoms with Crippen LogP contribution in [-0.2, 0) is 6.42 Å². The summed E-state index contributed by atoms with van der Waals surface area (Å²) in [5.74, 6) is 0.218. The quantitative estimate of drug-likeness (QED) is 0.772. The number of hydrogen-bond acceptors (Lipinski definition) is 3. The molecule has 1 rings (SSSR count). The van der Waals surface area contributed by atoms with Crippen molar-refractivity contribution in [3.63, 3.8) is 0 Å². The number of nitrogens with two attached hydrogens (primary N) is 1. The topological polar surface area (TPSA) is 59.2 Å². The third-order valence-electron chi connectivity index (χ3n) is 2.07. The minimum absolute atomic E-state index is 0.418.